The van der Waals surface area contributed by atoms with Crippen molar-refractivity contribution in [3.63, 3.8) is 0 Å². The summed E-state index contributed by atoms with van der Waals surface area (Å²) in [6.45, 7) is 4.89. The molecule has 2 fully saturated rings. The summed E-state index contributed by atoms with van der Waals surface area (Å²) in [6.07, 6.45) is 3.13. The maximum atomic E-state index is 12.8. The van der Waals surface area contributed by atoms with Crippen LogP contribution in [-0.2, 0) is 14.6 Å². The largest absolute Gasteiger partial charge is 0.493 e. The fourth-order valence-corrected chi connectivity index (χ4v) is 6.32. The summed E-state index contributed by atoms with van der Waals surface area (Å²) < 4.78 is 35.2. The second-order valence-electron chi connectivity index (χ2n) is 7.55. The van der Waals surface area contributed by atoms with Crippen LogP contribution in [0.4, 0.5) is 0 Å². The third kappa shape index (κ3) is 5.32. The summed E-state index contributed by atoms with van der Waals surface area (Å²) in [4.78, 5) is 14.8. The molecule has 0 spiro atoms. The average molecular weight is 456 g/mol. The predicted molar refractivity (Wildman–Crippen MR) is 120 cm³/mol. The first kappa shape index (κ1) is 22.1. The second kappa shape index (κ2) is 9.06. The molecule has 0 bridgehead atoms. The van der Waals surface area contributed by atoms with E-state index in [1.807, 2.05) is 18.2 Å². The zero-order chi connectivity index (χ0) is 21.2. The zero-order valence-electron chi connectivity index (χ0n) is 16.7. The van der Waals surface area contributed by atoms with E-state index in [0.29, 0.717) is 39.7 Å². The number of amides is 1. The number of hydrogen-bond acceptors (Lipinski definition) is 7. The van der Waals surface area contributed by atoms with Gasteiger partial charge in [0.25, 0.3) is 5.91 Å². The molecule has 0 radical (unpaired) electrons. The molecule has 158 valence electrons. The Balaban J connectivity index is 1.76. The van der Waals surface area contributed by atoms with Crippen molar-refractivity contribution in [3.05, 3.63) is 28.7 Å². The molecule has 2 heterocycles. The molecule has 0 aliphatic carbocycles. The molecule has 29 heavy (non-hydrogen) atoms. The second-order valence-corrected chi connectivity index (χ2v) is 11.5. The van der Waals surface area contributed by atoms with E-state index >= 15 is 0 Å². The summed E-state index contributed by atoms with van der Waals surface area (Å²) in [5.74, 6) is 1.65. The first-order valence-electron chi connectivity index (χ1n) is 9.48. The van der Waals surface area contributed by atoms with Gasteiger partial charge in [0.05, 0.1) is 36.2 Å². The van der Waals surface area contributed by atoms with Crippen molar-refractivity contribution in [3.8, 4) is 11.5 Å². The van der Waals surface area contributed by atoms with Crippen LogP contribution < -0.4 is 9.47 Å². The van der Waals surface area contributed by atoms with Crippen molar-refractivity contribution in [2.45, 2.75) is 32.7 Å². The van der Waals surface area contributed by atoms with E-state index in [0.717, 1.165) is 12.0 Å². The number of rotatable bonds is 7. The Kier molecular flexibility index (Phi) is 6.90. The van der Waals surface area contributed by atoms with Gasteiger partial charge in [0, 0.05) is 0 Å². The van der Waals surface area contributed by atoms with Gasteiger partial charge in [-0.1, -0.05) is 43.9 Å². The van der Waals surface area contributed by atoms with Crippen LogP contribution in [0.15, 0.2) is 23.1 Å². The highest BCUT2D eigenvalue weighted by Crippen LogP contribution is 2.37. The Bertz CT molecular complexity index is 939. The fraction of sp³-hybridized carbons (Fsp3) is 0.500. The lowest BCUT2D eigenvalue weighted by Gasteiger charge is -2.20. The number of hydrogen-bond donors (Lipinski definition) is 0. The molecule has 6 nitrogen and oxygen atoms in total. The summed E-state index contributed by atoms with van der Waals surface area (Å²) in [5.41, 5.74) is 0.789. The number of thioether (sulfide) groups is 1. The highest BCUT2D eigenvalue weighted by atomic mass is 32.2. The van der Waals surface area contributed by atoms with Gasteiger partial charge in [-0.15, -0.1) is 0 Å². The van der Waals surface area contributed by atoms with Crippen LogP contribution >= 0.6 is 24.0 Å². The summed E-state index contributed by atoms with van der Waals surface area (Å²) in [7, 11) is -1.52. The summed E-state index contributed by atoms with van der Waals surface area (Å²) >= 11 is 6.55. The van der Waals surface area contributed by atoms with Crippen LogP contribution in [0.1, 0.15) is 32.3 Å². The number of carbonyl (C=O) groups excluding carboxylic acids is 1. The monoisotopic (exact) mass is 455 g/mol. The lowest BCUT2D eigenvalue weighted by Crippen LogP contribution is -2.39. The number of methoxy groups -OCH3 is 1. The summed E-state index contributed by atoms with van der Waals surface area (Å²) in [5, 5.41) is 0. The minimum absolute atomic E-state index is 0.0248. The van der Waals surface area contributed by atoms with Crippen LogP contribution in [0.5, 0.6) is 11.5 Å². The molecule has 0 saturated carbocycles. The van der Waals surface area contributed by atoms with Gasteiger partial charge in [-0.25, -0.2) is 8.42 Å². The smallest absolute Gasteiger partial charge is 0.266 e. The number of thiocarbonyl (C=S) groups is 1. The molecular formula is C20H25NO5S3. The van der Waals surface area contributed by atoms with Crippen LogP contribution in [0.3, 0.4) is 0 Å². The molecule has 3 rings (SSSR count). The fourth-order valence-electron chi connectivity index (χ4n) is 3.22. The van der Waals surface area contributed by atoms with E-state index in [9.17, 15) is 13.2 Å². The number of carbonyl (C=O) groups is 1. The van der Waals surface area contributed by atoms with E-state index in [4.69, 9.17) is 21.7 Å². The van der Waals surface area contributed by atoms with E-state index in [-0.39, 0.29) is 23.5 Å². The van der Waals surface area contributed by atoms with Gasteiger partial charge >= 0.3 is 0 Å². The van der Waals surface area contributed by atoms with Gasteiger partial charge in [-0.3, -0.25) is 9.69 Å². The third-order valence-corrected chi connectivity index (χ3v) is 7.92. The molecular weight excluding hydrogens is 430 g/mol. The highest BCUT2D eigenvalue weighted by molar-refractivity contribution is 8.26. The molecule has 1 unspecified atom stereocenters. The Labute approximate surface area is 181 Å². The summed E-state index contributed by atoms with van der Waals surface area (Å²) in [6, 6.07) is 5.14. The van der Waals surface area contributed by atoms with Gasteiger partial charge in [-0.2, -0.15) is 0 Å². The normalized spacial score (nSPS) is 22.7. The van der Waals surface area contributed by atoms with Gasteiger partial charge in [0.2, 0.25) is 0 Å². The van der Waals surface area contributed by atoms with Crippen molar-refractivity contribution in [1.82, 2.24) is 4.90 Å². The van der Waals surface area contributed by atoms with Gasteiger partial charge in [0.1, 0.15) is 4.32 Å². The first-order chi connectivity index (χ1) is 13.7. The van der Waals surface area contributed by atoms with Crippen LogP contribution in [0.25, 0.3) is 6.08 Å². The van der Waals surface area contributed by atoms with Crippen LogP contribution in [0.2, 0.25) is 0 Å². The van der Waals surface area contributed by atoms with Crippen LogP contribution in [-0.4, -0.2) is 54.8 Å². The van der Waals surface area contributed by atoms with E-state index < -0.39 is 9.84 Å². The van der Waals surface area contributed by atoms with E-state index in [2.05, 4.69) is 13.8 Å². The highest BCUT2D eigenvalue weighted by Gasteiger charge is 2.42. The van der Waals surface area contributed by atoms with Gasteiger partial charge in [0.15, 0.2) is 21.3 Å². The van der Waals surface area contributed by atoms with Gasteiger partial charge in [-0.05, 0) is 42.5 Å². The molecule has 9 heteroatoms. The number of ether oxygens (including phenoxy) is 2. The molecule has 2 saturated heterocycles. The molecule has 1 aromatic rings. The molecule has 0 N–H and O–H groups in total. The van der Waals surface area contributed by atoms with E-state index in [1.165, 1.54) is 16.7 Å². The van der Waals surface area contributed by atoms with E-state index in [1.54, 1.807) is 13.2 Å². The lowest BCUT2D eigenvalue weighted by atomic mass is 10.1. The van der Waals surface area contributed by atoms with Gasteiger partial charge < -0.3 is 9.47 Å². The van der Waals surface area contributed by atoms with Crippen molar-refractivity contribution < 1.29 is 22.7 Å². The molecule has 1 aromatic carbocycles. The van der Waals surface area contributed by atoms with Crippen LogP contribution in [0, 0.1) is 5.92 Å². The van der Waals surface area contributed by atoms with Crippen molar-refractivity contribution in [2.75, 3.05) is 25.2 Å². The predicted octanol–water partition coefficient (Wildman–Crippen LogP) is 3.51. The average Bonchev–Trinajstić information content (AvgIpc) is 3.13. The van der Waals surface area contributed by atoms with Crippen molar-refractivity contribution >= 4 is 50.1 Å². The third-order valence-electron chi connectivity index (χ3n) is 4.84. The van der Waals surface area contributed by atoms with Crippen molar-refractivity contribution in [1.29, 1.82) is 0 Å². The standard InChI is InChI=1S/C20H25NO5S3/c1-13(2)6-8-26-16-5-4-14(10-17(16)25-3)11-18-19(22)21(20(27)28-18)15-7-9-29(23,24)12-15/h4-5,10-11,13,15H,6-9,12H2,1-3H3/b18-11+. The Hall–Kier alpha value is -1.58. The number of nitrogens with zero attached hydrogens (tertiary/aromatic N) is 1. The quantitative estimate of drug-likeness (QED) is 0.460. The Morgan fingerprint density at radius 2 is 2.10 bits per heavy atom. The van der Waals surface area contributed by atoms with Crippen molar-refractivity contribution in [2.24, 2.45) is 5.92 Å². The molecule has 2 aliphatic rings. The molecule has 1 atom stereocenters. The number of benzene rings is 1. The maximum Gasteiger partial charge on any atom is 0.266 e. The Morgan fingerprint density at radius 3 is 2.72 bits per heavy atom. The minimum atomic E-state index is -3.10. The maximum absolute atomic E-state index is 12.8. The molecule has 1 amide bonds. The molecule has 0 aromatic heterocycles. The lowest BCUT2D eigenvalue weighted by molar-refractivity contribution is -0.123. The molecule has 2 aliphatic heterocycles. The SMILES string of the molecule is COc1cc(/C=C2/SC(=S)N(C3CCS(=O)(=O)C3)C2=O)ccc1OCCC(C)C. The topological polar surface area (TPSA) is 72.9 Å². The zero-order valence-corrected chi connectivity index (χ0v) is 19.2. The number of sulfone groups is 1. The Morgan fingerprint density at radius 1 is 1.34 bits per heavy atom. The minimum Gasteiger partial charge on any atom is -0.493 e. The first-order valence-corrected chi connectivity index (χ1v) is 12.5.